The zero-order chi connectivity index (χ0) is 14.9. The number of sulfonamides is 1. The van der Waals surface area contributed by atoms with Crippen molar-refractivity contribution >= 4 is 40.0 Å². The molecule has 0 rings (SSSR count). The van der Waals surface area contributed by atoms with Crippen LogP contribution in [0, 0.1) is 0 Å². The van der Waals surface area contributed by atoms with Crippen molar-refractivity contribution in [1.82, 2.24) is 9.62 Å². The van der Waals surface area contributed by atoms with Gasteiger partial charge in [-0.2, -0.15) is 0 Å². The SMILES string of the molecule is CCN(CCCN=C(N)NC(C)COC)S(C)(=O)=O.I. The third-order valence-corrected chi connectivity index (χ3v) is 3.86. The molecule has 0 spiro atoms. The molecule has 9 heteroatoms. The van der Waals surface area contributed by atoms with E-state index >= 15 is 0 Å². The molecule has 0 saturated carbocycles. The van der Waals surface area contributed by atoms with Crippen molar-refractivity contribution in [3.8, 4) is 0 Å². The van der Waals surface area contributed by atoms with Gasteiger partial charge in [0.05, 0.1) is 12.9 Å². The van der Waals surface area contributed by atoms with E-state index in [4.69, 9.17) is 10.5 Å². The third kappa shape index (κ3) is 10.6. The molecule has 3 N–H and O–H groups in total. The minimum absolute atomic E-state index is 0. The lowest BCUT2D eigenvalue weighted by molar-refractivity contribution is 0.179. The first-order valence-electron chi connectivity index (χ1n) is 6.31. The Hall–Kier alpha value is -0.130. The number of guanidine groups is 1. The van der Waals surface area contributed by atoms with Crippen LogP contribution < -0.4 is 11.1 Å². The first-order chi connectivity index (χ1) is 8.81. The summed E-state index contributed by atoms with van der Waals surface area (Å²) >= 11 is 0. The molecule has 0 radical (unpaired) electrons. The van der Waals surface area contributed by atoms with Crippen LogP contribution in [-0.4, -0.2) is 64.3 Å². The number of nitrogens with one attached hydrogen (secondary N) is 1. The average molecular weight is 422 g/mol. The quantitative estimate of drug-likeness (QED) is 0.240. The molecule has 0 aliphatic rings. The summed E-state index contributed by atoms with van der Waals surface area (Å²) in [6.45, 7) is 5.72. The van der Waals surface area contributed by atoms with Crippen LogP contribution in [0.3, 0.4) is 0 Å². The second-order valence-electron chi connectivity index (χ2n) is 4.38. The van der Waals surface area contributed by atoms with Gasteiger partial charge in [-0.25, -0.2) is 12.7 Å². The molecule has 1 unspecified atom stereocenters. The van der Waals surface area contributed by atoms with Crippen LogP contribution in [0.4, 0.5) is 0 Å². The van der Waals surface area contributed by atoms with Gasteiger partial charge < -0.3 is 15.8 Å². The predicted octanol–water partition coefficient (Wildman–Crippen LogP) is 0.215. The second kappa shape index (κ2) is 11.5. The fourth-order valence-electron chi connectivity index (χ4n) is 1.59. The summed E-state index contributed by atoms with van der Waals surface area (Å²) in [5.41, 5.74) is 5.69. The van der Waals surface area contributed by atoms with E-state index in [9.17, 15) is 8.42 Å². The largest absolute Gasteiger partial charge is 0.383 e. The summed E-state index contributed by atoms with van der Waals surface area (Å²) in [4.78, 5) is 4.14. The smallest absolute Gasteiger partial charge is 0.211 e. The Kier molecular flexibility index (Phi) is 12.8. The summed E-state index contributed by atoms with van der Waals surface area (Å²) in [5.74, 6) is 0.354. The van der Waals surface area contributed by atoms with Crippen LogP contribution in [0.1, 0.15) is 20.3 Å². The van der Waals surface area contributed by atoms with Crippen LogP contribution in [0.15, 0.2) is 4.99 Å². The molecule has 0 aliphatic heterocycles. The average Bonchev–Trinajstić information content (AvgIpc) is 2.27. The highest BCUT2D eigenvalue weighted by Gasteiger charge is 2.12. The van der Waals surface area contributed by atoms with Gasteiger partial charge >= 0.3 is 0 Å². The monoisotopic (exact) mass is 422 g/mol. The van der Waals surface area contributed by atoms with Crippen LogP contribution in [-0.2, 0) is 14.8 Å². The van der Waals surface area contributed by atoms with Gasteiger partial charge in [-0.05, 0) is 13.3 Å². The molecule has 0 aliphatic carbocycles. The van der Waals surface area contributed by atoms with Gasteiger partial charge in [0.15, 0.2) is 5.96 Å². The molecule has 7 nitrogen and oxygen atoms in total. The fraction of sp³-hybridized carbons (Fsp3) is 0.909. The standard InChI is InChI=1S/C11H26N4O3S.HI/c1-5-15(19(4,16)17)8-6-7-13-11(12)14-10(2)9-18-3;/h10H,5-9H2,1-4H3,(H3,12,13,14);1H. The Morgan fingerprint density at radius 3 is 2.55 bits per heavy atom. The number of hydrogen-bond acceptors (Lipinski definition) is 4. The van der Waals surface area contributed by atoms with E-state index in [-0.39, 0.29) is 30.0 Å². The number of hydrogen-bond donors (Lipinski definition) is 2. The summed E-state index contributed by atoms with van der Waals surface area (Å²) < 4.78 is 29.1. The predicted molar refractivity (Wildman–Crippen MR) is 93.1 cm³/mol. The highest BCUT2D eigenvalue weighted by atomic mass is 127. The lowest BCUT2D eigenvalue weighted by Gasteiger charge is -2.17. The molecule has 1 atom stereocenters. The maximum atomic E-state index is 11.3. The van der Waals surface area contributed by atoms with E-state index in [1.165, 1.54) is 10.6 Å². The van der Waals surface area contributed by atoms with Crippen LogP contribution in [0.25, 0.3) is 0 Å². The lowest BCUT2D eigenvalue weighted by Crippen LogP contribution is -2.40. The van der Waals surface area contributed by atoms with Gasteiger partial charge in [-0.15, -0.1) is 24.0 Å². The molecular formula is C11H27IN4O3S. The topological polar surface area (TPSA) is 97.0 Å². The van der Waals surface area contributed by atoms with Crippen LogP contribution >= 0.6 is 24.0 Å². The Morgan fingerprint density at radius 1 is 1.50 bits per heavy atom. The van der Waals surface area contributed by atoms with Gasteiger partial charge in [0.1, 0.15) is 0 Å². The Bertz CT molecular complexity index is 376. The van der Waals surface area contributed by atoms with E-state index in [1.54, 1.807) is 7.11 Å². The van der Waals surface area contributed by atoms with Gasteiger partial charge in [0.2, 0.25) is 10.0 Å². The number of aliphatic imine (C=N–C) groups is 1. The molecule has 0 heterocycles. The molecule has 0 amide bonds. The van der Waals surface area contributed by atoms with Gasteiger partial charge in [-0.1, -0.05) is 6.92 Å². The number of ether oxygens (including phenoxy) is 1. The van der Waals surface area contributed by atoms with Crippen LogP contribution in [0.2, 0.25) is 0 Å². The van der Waals surface area contributed by atoms with E-state index in [1.807, 2.05) is 13.8 Å². The number of nitrogens with zero attached hydrogens (tertiary/aromatic N) is 2. The molecule has 122 valence electrons. The lowest BCUT2D eigenvalue weighted by atomic mass is 10.4. The van der Waals surface area contributed by atoms with Gasteiger partial charge in [-0.3, -0.25) is 4.99 Å². The van der Waals surface area contributed by atoms with Crippen molar-refractivity contribution in [2.75, 3.05) is 39.6 Å². The van der Waals surface area contributed by atoms with Crippen LogP contribution in [0.5, 0.6) is 0 Å². The van der Waals surface area contributed by atoms with E-state index in [2.05, 4.69) is 10.3 Å². The zero-order valence-electron chi connectivity index (χ0n) is 12.6. The highest BCUT2D eigenvalue weighted by molar-refractivity contribution is 14.0. The maximum Gasteiger partial charge on any atom is 0.211 e. The second-order valence-corrected chi connectivity index (χ2v) is 6.36. The summed E-state index contributed by atoms with van der Waals surface area (Å²) in [6.07, 6.45) is 1.85. The van der Waals surface area contributed by atoms with Crippen molar-refractivity contribution < 1.29 is 13.2 Å². The molecule has 0 aromatic rings. The summed E-state index contributed by atoms with van der Waals surface area (Å²) in [7, 11) is -1.50. The maximum absolute atomic E-state index is 11.3. The fourth-order valence-corrected chi connectivity index (χ4v) is 2.52. The Morgan fingerprint density at radius 2 is 2.10 bits per heavy atom. The molecule has 0 saturated heterocycles. The number of rotatable bonds is 9. The van der Waals surface area contributed by atoms with Gasteiger partial charge in [0, 0.05) is 32.8 Å². The van der Waals surface area contributed by atoms with Crippen molar-refractivity contribution in [2.45, 2.75) is 26.3 Å². The van der Waals surface area contributed by atoms with E-state index in [0.29, 0.717) is 38.6 Å². The minimum atomic E-state index is -3.12. The molecule has 20 heavy (non-hydrogen) atoms. The van der Waals surface area contributed by atoms with E-state index < -0.39 is 10.0 Å². The molecular weight excluding hydrogens is 395 g/mol. The molecule has 0 bridgehead atoms. The first kappa shape index (κ1) is 22.2. The number of methoxy groups -OCH3 is 1. The van der Waals surface area contributed by atoms with Crippen molar-refractivity contribution in [3.63, 3.8) is 0 Å². The molecule has 0 fully saturated rings. The first-order valence-corrected chi connectivity index (χ1v) is 8.16. The third-order valence-electron chi connectivity index (χ3n) is 2.48. The summed E-state index contributed by atoms with van der Waals surface area (Å²) in [6, 6.07) is 0.0944. The summed E-state index contributed by atoms with van der Waals surface area (Å²) in [5, 5.41) is 2.98. The van der Waals surface area contributed by atoms with Crippen molar-refractivity contribution in [1.29, 1.82) is 0 Å². The Balaban J connectivity index is 0. The molecule has 0 aromatic heterocycles. The zero-order valence-corrected chi connectivity index (χ0v) is 15.8. The van der Waals surface area contributed by atoms with Crippen molar-refractivity contribution in [3.05, 3.63) is 0 Å². The Labute approximate surface area is 139 Å². The van der Waals surface area contributed by atoms with Crippen molar-refractivity contribution in [2.24, 2.45) is 10.7 Å². The van der Waals surface area contributed by atoms with E-state index in [0.717, 1.165) is 0 Å². The normalized spacial score (nSPS) is 13.9. The number of nitrogens with two attached hydrogens (primary N) is 1. The highest BCUT2D eigenvalue weighted by Crippen LogP contribution is 1.98. The molecule has 0 aromatic carbocycles. The van der Waals surface area contributed by atoms with Gasteiger partial charge in [0.25, 0.3) is 0 Å². The number of halogens is 1. The minimum Gasteiger partial charge on any atom is -0.383 e.